The average molecular weight is 409 g/mol. The maximum atomic E-state index is 12.2. The number of pyridine rings is 1. The first kappa shape index (κ1) is 18.7. The van der Waals surface area contributed by atoms with E-state index in [9.17, 15) is 9.59 Å². The molecule has 2 heterocycles. The molecule has 1 spiro atoms. The van der Waals surface area contributed by atoms with E-state index >= 15 is 0 Å². The number of fused-ring (bicyclic) bond motifs is 1. The van der Waals surface area contributed by atoms with Gasteiger partial charge < -0.3 is 24.8 Å². The average Bonchev–Trinajstić information content (AvgIpc) is 3.32. The molecule has 0 bridgehead atoms. The standard InChI is InChI=1S/C22H23N3O5/c26-20(13-28-21(27)14-3-8-19(23-12-14)24-15-4-5-15)25-16-6-7-17-18(11-16)30-22(29-17)9-1-2-10-22/h3,6-8,11-12,15H,1-2,4-5,9-10,13H2,(H,23,24)(H,25,26). The number of carbonyl (C=O) groups is 2. The molecule has 8 nitrogen and oxygen atoms in total. The molecule has 2 saturated carbocycles. The van der Waals surface area contributed by atoms with E-state index in [1.165, 1.54) is 6.20 Å². The molecular formula is C22H23N3O5. The molecule has 0 radical (unpaired) electrons. The van der Waals surface area contributed by atoms with Crippen LogP contribution in [0.25, 0.3) is 0 Å². The van der Waals surface area contributed by atoms with Crippen molar-refractivity contribution in [3.05, 3.63) is 42.1 Å². The molecule has 1 amide bonds. The quantitative estimate of drug-likeness (QED) is 0.705. The van der Waals surface area contributed by atoms with Crippen molar-refractivity contribution in [2.45, 2.75) is 50.4 Å². The molecule has 2 fully saturated rings. The first-order chi connectivity index (χ1) is 14.6. The number of benzene rings is 1. The number of hydrogen-bond acceptors (Lipinski definition) is 7. The number of amides is 1. The maximum absolute atomic E-state index is 12.2. The monoisotopic (exact) mass is 409 g/mol. The predicted molar refractivity (Wildman–Crippen MR) is 109 cm³/mol. The molecule has 0 saturated heterocycles. The first-order valence-corrected chi connectivity index (χ1v) is 10.3. The van der Waals surface area contributed by atoms with E-state index < -0.39 is 17.7 Å². The van der Waals surface area contributed by atoms with Crippen LogP contribution < -0.4 is 20.1 Å². The molecule has 2 aliphatic carbocycles. The Kier molecular flexibility index (Phi) is 4.69. The summed E-state index contributed by atoms with van der Waals surface area (Å²) in [4.78, 5) is 28.5. The second kappa shape index (κ2) is 7.51. The van der Waals surface area contributed by atoms with Crippen LogP contribution in [0.4, 0.5) is 11.5 Å². The minimum absolute atomic E-state index is 0.300. The summed E-state index contributed by atoms with van der Waals surface area (Å²) in [5, 5.41) is 5.96. The van der Waals surface area contributed by atoms with Crippen LogP contribution in [0.1, 0.15) is 48.9 Å². The number of aromatic nitrogens is 1. The highest BCUT2D eigenvalue weighted by atomic mass is 16.7. The van der Waals surface area contributed by atoms with Crippen LogP contribution in [0.2, 0.25) is 0 Å². The molecule has 30 heavy (non-hydrogen) atoms. The Morgan fingerprint density at radius 3 is 2.63 bits per heavy atom. The Balaban J connectivity index is 1.13. The number of anilines is 2. The highest BCUT2D eigenvalue weighted by Crippen LogP contribution is 2.47. The van der Waals surface area contributed by atoms with E-state index in [2.05, 4.69) is 15.6 Å². The number of hydrogen-bond donors (Lipinski definition) is 2. The maximum Gasteiger partial charge on any atom is 0.340 e. The number of rotatable bonds is 6. The zero-order chi connectivity index (χ0) is 20.6. The third-order valence-electron chi connectivity index (χ3n) is 5.45. The minimum atomic E-state index is -0.593. The Labute approximate surface area is 173 Å². The molecule has 8 heteroatoms. The molecule has 5 rings (SSSR count). The highest BCUT2D eigenvalue weighted by molar-refractivity contribution is 5.95. The topological polar surface area (TPSA) is 98.8 Å². The molecule has 0 unspecified atom stereocenters. The van der Waals surface area contributed by atoms with Gasteiger partial charge in [-0.25, -0.2) is 9.78 Å². The largest absolute Gasteiger partial charge is 0.452 e. The third-order valence-corrected chi connectivity index (χ3v) is 5.45. The van der Waals surface area contributed by atoms with Crippen molar-refractivity contribution in [2.24, 2.45) is 0 Å². The van der Waals surface area contributed by atoms with Gasteiger partial charge in [-0.05, 0) is 49.9 Å². The summed E-state index contributed by atoms with van der Waals surface area (Å²) in [6.45, 7) is -0.390. The lowest BCUT2D eigenvalue weighted by molar-refractivity contribution is -0.119. The van der Waals surface area contributed by atoms with Crippen LogP contribution in [-0.4, -0.2) is 35.3 Å². The Hall–Kier alpha value is -3.29. The summed E-state index contributed by atoms with van der Waals surface area (Å²) < 4.78 is 17.1. The van der Waals surface area contributed by atoms with Gasteiger partial charge in [0.15, 0.2) is 18.1 Å². The number of nitrogens with one attached hydrogen (secondary N) is 2. The van der Waals surface area contributed by atoms with Crippen molar-refractivity contribution in [3.63, 3.8) is 0 Å². The Morgan fingerprint density at radius 2 is 1.90 bits per heavy atom. The lowest BCUT2D eigenvalue weighted by Crippen LogP contribution is -2.34. The SMILES string of the molecule is O=C(COC(=O)c1ccc(NC2CC2)nc1)Nc1ccc2c(c1)OC1(CCCC1)O2. The smallest absolute Gasteiger partial charge is 0.340 e. The van der Waals surface area contributed by atoms with Gasteiger partial charge in [-0.2, -0.15) is 0 Å². The van der Waals surface area contributed by atoms with Crippen molar-refractivity contribution in [1.82, 2.24) is 4.98 Å². The van der Waals surface area contributed by atoms with Crippen LogP contribution in [0.15, 0.2) is 36.5 Å². The Morgan fingerprint density at radius 1 is 1.10 bits per heavy atom. The molecule has 0 atom stereocenters. The molecule has 2 N–H and O–H groups in total. The zero-order valence-corrected chi connectivity index (χ0v) is 16.5. The van der Waals surface area contributed by atoms with E-state index in [1.807, 2.05) is 0 Å². The summed E-state index contributed by atoms with van der Waals surface area (Å²) in [6.07, 6.45) is 7.63. The summed E-state index contributed by atoms with van der Waals surface area (Å²) in [6, 6.07) is 9.11. The van der Waals surface area contributed by atoms with Gasteiger partial charge in [-0.3, -0.25) is 4.79 Å². The molecule has 3 aliphatic rings. The van der Waals surface area contributed by atoms with Crippen molar-refractivity contribution < 1.29 is 23.8 Å². The first-order valence-electron chi connectivity index (χ1n) is 10.3. The summed E-state index contributed by atoms with van der Waals surface area (Å²) in [7, 11) is 0. The van der Waals surface area contributed by atoms with Gasteiger partial charge in [0.05, 0.1) is 5.56 Å². The molecule has 1 aromatic heterocycles. The van der Waals surface area contributed by atoms with Gasteiger partial charge in [0.2, 0.25) is 0 Å². The predicted octanol–water partition coefficient (Wildman–Crippen LogP) is 3.49. The molecular weight excluding hydrogens is 386 g/mol. The van der Waals surface area contributed by atoms with Crippen LogP contribution in [0.5, 0.6) is 11.5 Å². The summed E-state index contributed by atoms with van der Waals surface area (Å²) in [5.41, 5.74) is 0.861. The number of ether oxygens (including phenoxy) is 3. The Bertz CT molecular complexity index is 965. The third kappa shape index (κ3) is 4.03. The van der Waals surface area contributed by atoms with Crippen LogP contribution in [0, 0.1) is 0 Å². The van der Waals surface area contributed by atoms with E-state index in [1.54, 1.807) is 30.3 Å². The summed E-state index contributed by atoms with van der Waals surface area (Å²) in [5.74, 6) is 0.473. The number of nitrogens with zero attached hydrogens (tertiary/aromatic N) is 1. The van der Waals surface area contributed by atoms with Gasteiger partial charge in [0, 0.05) is 36.8 Å². The highest BCUT2D eigenvalue weighted by Gasteiger charge is 2.44. The second-order valence-electron chi connectivity index (χ2n) is 7.96. The lowest BCUT2D eigenvalue weighted by atomic mass is 10.2. The van der Waals surface area contributed by atoms with E-state index in [-0.39, 0.29) is 6.61 Å². The minimum Gasteiger partial charge on any atom is -0.452 e. The second-order valence-corrected chi connectivity index (χ2v) is 7.96. The van der Waals surface area contributed by atoms with Crippen LogP contribution in [-0.2, 0) is 9.53 Å². The van der Waals surface area contributed by atoms with Crippen LogP contribution >= 0.6 is 0 Å². The van der Waals surface area contributed by atoms with E-state index in [4.69, 9.17) is 14.2 Å². The van der Waals surface area contributed by atoms with E-state index in [0.29, 0.717) is 28.8 Å². The van der Waals surface area contributed by atoms with Gasteiger partial charge in [0.25, 0.3) is 11.7 Å². The summed E-state index contributed by atoms with van der Waals surface area (Å²) >= 11 is 0. The van der Waals surface area contributed by atoms with Crippen molar-refractivity contribution >= 4 is 23.4 Å². The molecule has 156 valence electrons. The van der Waals surface area contributed by atoms with Crippen molar-refractivity contribution in [3.8, 4) is 11.5 Å². The van der Waals surface area contributed by atoms with Gasteiger partial charge in [-0.1, -0.05) is 0 Å². The lowest BCUT2D eigenvalue weighted by Gasteiger charge is -2.21. The van der Waals surface area contributed by atoms with E-state index in [0.717, 1.165) is 44.3 Å². The normalized spacial score (nSPS) is 18.3. The zero-order valence-electron chi connectivity index (χ0n) is 16.5. The van der Waals surface area contributed by atoms with Gasteiger partial charge in [0.1, 0.15) is 5.82 Å². The van der Waals surface area contributed by atoms with Gasteiger partial charge in [-0.15, -0.1) is 0 Å². The van der Waals surface area contributed by atoms with Crippen molar-refractivity contribution in [2.75, 3.05) is 17.2 Å². The molecule has 1 aliphatic heterocycles. The number of carbonyl (C=O) groups excluding carboxylic acids is 2. The number of esters is 1. The molecule has 2 aromatic rings. The fraction of sp³-hybridized carbons (Fsp3) is 0.409. The van der Waals surface area contributed by atoms with Crippen molar-refractivity contribution in [1.29, 1.82) is 0 Å². The fourth-order valence-corrected chi connectivity index (χ4v) is 3.74. The van der Waals surface area contributed by atoms with Crippen LogP contribution in [0.3, 0.4) is 0 Å². The fourth-order valence-electron chi connectivity index (χ4n) is 3.74. The molecule has 1 aromatic carbocycles. The van der Waals surface area contributed by atoms with Gasteiger partial charge >= 0.3 is 5.97 Å².